The van der Waals surface area contributed by atoms with E-state index in [1.54, 1.807) is 24.4 Å². The van der Waals surface area contributed by atoms with Gasteiger partial charge in [0.15, 0.2) is 5.75 Å². The minimum atomic E-state index is 0.247. The first kappa shape index (κ1) is 15.2. The Bertz CT molecular complexity index is 619. The van der Waals surface area contributed by atoms with Crippen LogP contribution >= 0.6 is 27.5 Å². The molecule has 106 valence electrons. The maximum absolute atomic E-state index is 5.90. The molecule has 1 aromatic carbocycles. The lowest BCUT2D eigenvalue weighted by molar-refractivity contribution is 0.464. The summed E-state index contributed by atoms with van der Waals surface area (Å²) in [7, 11) is 0. The van der Waals surface area contributed by atoms with E-state index in [0.717, 1.165) is 10.3 Å². The number of nitrogens with two attached hydrogens (primary N) is 1. The van der Waals surface area contributed by atoms with Crippen molar-refractivity contribution in [2.24, 2.45) is 5.73 Å². The second kappa shape index (κ2) is 6.52. The van der Waals surface area contributed by atoms with Crippen LogP contribution in [0.1, 0.15) is 31.3 Å². The van der Waals surface area contributed by atoms with E-state index in [4.69, 9.17) is 22.1 Å². The largest absolute Gasteiger partial charge is 0.453 e. The average Bonchev–Trinajstić information content (AvgIpc) is 2.42. The SMILES string of the molecule is CC(C)c1ncc(Oc2ccc(Cl)cc2Br)c(CN)n1. The molecule has 2 aromatic rings. The van der Waals surface area contributed by atoms with Gasteiger partial charge < -0.3 is 10.5 Å². The monoisotopic (exact) mass is 355 g/mol. The number of halogens is 2. The zero-order chi connectivity index (χ0) is 14.7. The molecule has 20 heavy (non-hydrogen) atoms. The molecule has 0 aliphatic heterocycles. The molecular formula is C14H15BrClN3O. The van der Waals surface area contributed by atoms with Crippen molar-refractivity contribution in [3.8, 4) is 11.5 Å². The molecule has 0 saturated carbocycles. The van der Waals surface area contributed by atoms with Crippen LogP contribution < -0.4 is 10.5 Å². The molecule has 0 radical (unpaired) electrons. The van der Waals surface area contributed by atoms with Gasteiger partial charge in [-0.25, -0.2) is 9.97 Å². The second-order valence-corrected chi connectivity index (χ2v) is 5.87. The summed E-state index contributed by atoms with van der Waals surface area (Å²) in [5.74, 6) is 2.20. The van der Waals surface area contributed by atoms with E-state index >= 15 is 0 Å². The summed E-state index contributed by atoms with van der Waals surface area (Å²) in [5, 5.41) is 0.634. The maximum atomic E-state index is 5.90. The Hall–Kier alpha value is -1.17. The third-order valence-electron chi connectivity index (χ3n) is 2.67. The van der Waals surface area contributed by atoms with Gasteiger partial charge in [-0.3, -0.25) is 0 Å². The first-order valence-corrected chi connectivity index (χ1v) is 7.37. The van der Waals surface area contributed by atoms with Crippen molar-refractivity contribution in [2.45, 2.75) is 26.3 Å². The van der Waals surface area contributed by atoms with Gasteiger partial charge in [-0.05, 0) is 34.1 Å². The van der Waals surface area contributed by atoms with Crippen LogP contribution in [0.15, 0.2) is 28.9 Å². The fourth-order valence-corrected chi connectivity index (χ4v) is 2.37. The average molecular weight is 357 g/mol. The van der Waals surface area contributed by atoms with Gasteiger partial charge in [0.25, 0.3) is 0 Å². The van der Waals surface area contributed by atoms with Crippen molar-refractivity contribution in [1.82, 2.24) is 9.97 Å². The van der Waals surface area contributed by atoms with E-state index in [0.29, 0.717) is 28.8 Å². The Labute approximate surface area is 131 Å². The van der Waals surface area contributed by atoms with Crippen LogP contribution in [0.25, 0.3) is 0 Å². The molecule has 4 nitrogen and oxygen atoms in total. The Kier molecular flexibility index (Phi) is 4.96. The zero-order valence-corrected chi connectivity index (χ0v) is 13.6. The summed E-state index contributed by atoms with van der Waals surface area (Å²) in [6.07, 6.45) is 1.66. The molecular weight excluding hydrogens is 342 g/mol. The van der Waals surface area contributed by atoms with Crippen LogP contribution in [0.3, 0.4) is 0 Å². The molecule has 0 amide bonds. The topological polar surface area (TPSA) is 61.0 Å². The molecule has 0 atom stereocenters. The highest BCUT2D eigenvalue weighted by atomic mass is 79.9. The first-order chi connectivity index (χ1) is 9.51. The van der Waals surface area contributed by atoms with Crippen molar-refractivity contribution >= 4 is 27.5 Å². The van der Waals surface area contributed by atoms with Crippen LogP contribution in [0.2, 0.25) is 5.02 Å². The Morgan fingerprint density at radius 2 is 2.10 bits per heavy atom. The van der Waals surface area contributed by atoms with Crippen LogP contribution in [0.5, 0.6) is 11.5 Å². The van der Waals surface area contributed by atoms with Gasteiger partial charge in [0, 0.05) is 17.5 Å². The van der Waals surface area contributed by atoms with Crippen molar-refractivity contribution in [1.29, 1.82) is 0 Å². The van der Waals surface area contributed by atoms with Crippen molar-refractivity contribution < 1.29 is 4.74 Å². The number of nitrogens with zero attached hydrogens (tertiary/aromatic N) is 2. The molecule has 1 aromatic heterocycles. The molecule has 0 aliphatic carbocycles. The maximum Gasteiger partial charge on any atom is 0.168 e. The van der Waals surface area contributed by atoms with Crippen LogP contribution in [0.4, 0.5) is 0 Å². The van der Waals surface area contributed by atoms with Crippen LogP contribution in [-0.4, -0.2) is 9.97 Å². The standard InChI is InChI=1S/C14H15BrClN3O/c1-8(2)14-18-7-13(11(6-17)19-14)20-12-4-3-9(16)5-10(12)15/h3-5,7-8H,6,17H2,1-2H3. The van der Waals surface area contributed by atoms with E-state index < -0.39 is 0 Å². The summed E-state index contributed by atoms with van der Waals surface area (Å²) in [4.78, 5) is 8.73. The van der Waals surface area contributed by atoms with Gasteiger partial charge in [0.2, 0.25) is 0 Å². The van der Waals surface area contributed by atoms with Crippen LogP contribution in [-0.2, 0) is 6.54 Å². The Morgan fingerprint density at radius 3 is 2.70 bits per heavy atom. The predicted molar refractivity (Wildman–Crippen MR) is 83.2 cm³/mol. The van der Waals surface area contributed by atoms with Crippen molar-refractivity contribution in [3.05, 3.63) is 45.4 Å². The summed E-state index contributed by atoms with van der Waals surface area (Å²) in [5.41, 5.74) is 6.42. The number of aromatic nitrogens is 2. The van der Waals surface area contributed by atoms with Gasteiger partial charge in [0.1, 0.15) is 17.3 Å². The van der Waals surface area contributed by atoms with Gasteiger partial charge in [-0.1, -0.05) is 25.4 Å². The highest BCUT2D eigenvalue weighted by Gasteiger charge is 2.12. The predicted octanol–water partition coefficient (Wildman–Crippen LogP) is 4.27. The smallest absolute Gasteiger partial charge is 0.168 e. The fourth-order valence-electron chi connectivity index (χ4n) is 1.61. The third kappa shape index (κ3) is 3.48. The van der Waals surface area contributed by atoms with Crippen molar-refractivity contribution in [3.63, 3.8) is 0 Å². The molecule has 0 unspecified atom stereocenters. The summed E-state index contributed by atoms with van der Waals surface area (Å²) < 4.78 is 6.58. The number of rotatable bonds is 4. The van der Waals surface area contributed by atoms with Gasteiger partial charge in [0.05, 0.1) is 10.7 Å². The first-order valence-electron chi connectivity index (χ1n) is 6.20. The van der Waals surface area contributed by atoms with E-state index in [9.17, 15) is 0 Å². The summed E-state index contributed by atoms with van der Waals surface area (Å²) in [6, 6.07) is 5.30. The van der Waals surface area contributed by atoms with E-state index in [2.05, 4.69) is 25.9 Å². The van der Waals surface area contributed by atoms with Crippen molar-refractivity contribution in [2.75, 3.05) is 0 Å². The molecule has 2 N–H and O–H groups in total. The molecule has 6 heteroatoms. The minimum absolute atomic E-state index is 0.247. The number of hydrogen-bond donors (Lipinski definition) is 1. The third-order valence-corrected chi connectivity index (χ3v) is 3.53. The lowest BCUT2D eigenvalue weighted by Crippen LogP contribution is -2.07. The molecule has 0 saturated heterocycles. The summed E-state index contributed by atoms with van der Waals surface area (Å²) >= 11 is 9.31. The zero-order valence-electron chi connectivity index (χ0n) is 11.2. The lowest BCUT2D eigenvalue weighted by Gasteiger charge is -2.12. The van der Waals surface area contributed by atoms with Gasteiger partial charge in [-0.15, -0.1) is 0 Å². The fraction of sp³-hybridized carbons (Fsp3) is 0.286. The molecule has 1 heterocycles. The summed E-state index contributed by atoms with van der Waals surface area (Å²) in [6.45, 7) is 4.36. The second-order valence-electron chi connectivity index (χ2n) is 4.57. The quantitative estimate of drug-likeness (QED) is 0.889. The molecule has 0 aliphatic rings. The van der Waals surface area contributed by atoms with Crippen LogP contribution in [0, 0.1) is 0 Å². The highest BCUT2D eigenvalue weighted by Crippen LogP contribution is 2.32. The van der Waals surface area contributed by atoms with E-state index in [-0.39, 0.29) is 5.92 Å². The Balaban J connectivity index is 2.33. The van der Waals surface area contributed by atoms with E-state index in [1.807, 2.05) is 13.8 Å². The van der Waals surface area contributed by atoms with Gasteiger partial charge >= 0.3 is 0 Å². The minimum Gasteiger partial charge on any atom is -0.453 e. The Morgan fingerprint density at radius 1 is 1.35 bits per heavy atom. The van der Waals surface area contributed by atoms with Gasteiger partial charge in [-0.2, -0.15) is 0 Å². The van der Waals surface area contributed by atoms with E-state index in [1.165, 1.54) is 0 Å². The molecule has 0 spiro atoms. The molecule has 2 rings (SSSR count). The number of ether oxygens (including phenoxy) is 1. The lowest BCUT2D eigenvalue weighted by atomic mass is 10.2. The molecule has 0 bridgehead atoms. The number of benzene rings is 1. The highest BCUT2D eigenvalue weighted by molar-refractivity contribution is 9.10. The number of hydrogen-bond acceptors (Lipinski definition) is 4. The normalized spacial score (nSPS) is 10.9. The molecule has 0 fully saturated rings.